The quantitative estimate of drug-likeness (QED) is 0.397. The summed E-state index contributed by atoms with van der Waals surface area (Å²) < 4.78 is 31.2. The van der Waals surface area contributed by atoms with Gasteiger partial charge in [0.25, 0.3) is 0 Å². The van der Waals surface area contributed by atoms with Gasteiger partial charge in [-0.2, -0.15) is 0 Å². The van der Waals surface area contributed by atoms with Crippen LogP contribution in [0.1, 0.15) is 15.9 Å². The van der Waals surface area contributed by atoms with Gasteiger partial charge in [-0.15, -0.1) is 0 Å². The third-order valence-corrected chi connectivity index (χ3v) is 2.23. The van der Waals surface area contributed by atoms with E-state index >= 15 is 0 Å². The van der Waals surface area contributed by atoms with Gasteiger partial charge >= 0.3 is 59.1 Å². The number of carbonyl (C=O) groups is 1. The molecule has 0 atom stereocenters. The molecule has 0 amide bonds. The van der Waals surface area contributed by atoms with Crippen molar-refractivity contribution in [1.82, 2.24) is 0 Å². The second kappa shape index (κ2) is 7.84. The normalized spacial score (nSPS) is 9.81. The summed E-state index contributed by atoms with van der Waals surface area (Å²) >= 11 is 0. The van der Waals surface area contributed by atoms with Crippen molar-refractivity contribution < 1.29 is 82.0 Å². The molecule has 1 aromatic carbocycles. The molecule has 0 aliphatic heterocycles. The number of hydrogen-bond donors (Lipinski definition) is 0. The first-order chi connectivity index (χ1) is 6.40. The van der Waals surface area contributed by atoms with E-state index in [-0.39, 0.29) is 70.2 Å². The number of benzene rings is 1. The van der Waals surface area contributed by atoms with Crippen molar-refractivity contribution in [3.63, 3.8) is 0 Å². The van der Waals surface area contributed by atoms with Gasteiger partial charge in [0.15, 0.2) is 0 Å². The summed E-state index contributed by atoms with van der Waals surface area (Å²) in [5, 5.41) is 10.5. The van der Waals surface area contributed by atoms with Crippen LogP contribution in [0, 0.1) is 0 Å². The summed E-state index contributed by atoms with van der Waals surface area (Å²) in [4.78, 5) is 10.5. The SMILES string of the molecule is O=C([O-])c1ccccc1CS(=O)(=O)[O-].[Na+].[Na+]. The zero-order chi connectivity index (χ0) is 10.8. The number of carbonyl (C=O) groups excluding carboxylic acids is 1. The maximum atomic E-state index is 10.5. The summed E-state index contributed by atoms with van der Waals surface area (Å²) in [6.45, 7) is 0. The molecule has 0 bridgehead atoms. The fourth-order valence-electron chi connectivity index (χ4n) is 1.04. The first kappa shape index (κ1) is 19.0. The summed E-state index contributed by atoms with van der Waals surface area (Å²) in [6, 6.07) is 5.33. The Balaban J connectivity index is 0. The number of rotatable bonds is 3. The Bertz CT molecular complexity index is 457. The van der Waals surface area contributed by atoms with Crippen LogP contribution in [0.15, 0.2) is 24.3 Å². The van der Waals surface area contributed by atoms with Crippen LogP contribution in [0.3, 0.4) is 0 Å². The van der Waals surface area contributed by atoms with Crippen molar-refractivity contribution in [3.8, 4) is 0 Å². The first-order valence-corrected chi connectivity index (χ1v) is 5.21. The second-order valence-corrected chi connectivity index (χ2v) is 4.05. The fourth-order valence-corrected chi connectivity index (χ4v) is 1.67. The van der Waals surface area contributed by atoms with Crippen molar-refractivity contribution in [2.24, 2.45) is 0 Å². The topological polar surface area (TPSA) is 97.3 Å². The molecular formula is C8H6Na2O5S. The smallest absolute Gasteiger partial charge is 0.748 e. The molecule has 0 aliphatic rings. The van der Waals surface area contributed by atoms with Gasteiger partial charge in [0.1, 0.15) is 0 Å². The summed E-state index contributed by atoms with van der Waals surface area (Å²) in [5.74, 6) is -2.33. The van der Waals surface area contributed by atoms with Crippen LogP contribution in [0.25, 0.3) is 0 Å². The van der Waals surface area contributed by atoms with E-state index in [0.29, 0.717) is 0 Å². The fraction of sp³-hybridized carbons (Fsp3) is 0.125. The van der Waals surface area contributed by atoms with Crippen molar-refractivity contribution in [2.75, 3.05) is 0 Å². The van der Waals surface area contributed by atoms with Gasteiger partial charge in [0, 0.05) is 5.56 Å². The first-order valence-electron chi connectivity index (χ1n) is 3.63. The van der Waals surface area contributed by atoms with Gasteiger partial charge in [-0.3, -0.25) is 0 Å². The van der Waals surface area contributed by atoms with Crippen LogP contribution < -0.4 is 64.2 Å². The minimum atomic E-state index is -4.47. The van der Waals surface area contributed by atoms with Crippen LogP contribution in [0.5, 0.6) is 0 Å². The molecule has 0 saturated heterocycles. The predicted molar refractivity (Wildman–Crippen MR) is 44.2 cm³/mol. The van der Waals surface area contributed by atoms with Crippen LogP contribution in [-0.2, 0) is 15.9 Å². The minimum absolute atomic E-state index is 0. The zero-order valence-electron chi connectivity index (χ0n) is 8.97. The van der Waals surface area contributed by atoms with E-state index in [1.54, 1.807) is 0 Å². The molecule has 0 fully saturated rings. The molecule has 0 N–H and O–H groups in total. The summed E-state index contributed by atoms with van der Waals surface area (Å²) in [7, 11) is -4.47. The maximum absolute atomic E-state index is 10.5. The molecular weight excluding hydrogens is 254 g/mol. The van der Waals surface area contributed by atoms with E-state index in [1.807, 2.05) is 0 Å². The van der Waals surface area contributed by atoms with Crippen molar-refractivity contribution >= 4 is 16.1 Å². The number of carboxylic acids is 1. The van der Waals surface area contributed by atoms with Gasteiger partial charge in [-0.05, 0) is 5.56 Å². The van der Waals surface area contributed by atoms with Gasteiger partial charge in [0.2, 0.25) is 0 Å². The van der Waals surface area contributed by atoms with E-state index in [9.17, 15) is 22.9 Å². The van der Waals surface area contributed by atoms with E-state index in [1.165, 1.54) is 24.3 Å². The molecule has 5 nitrogen and oxygen atoms in total. The monoisotopic (exact) mass is 260 g/mol. The third-order valence-electron chi connectivity index (χ3n) is 1.57. The largest absolute Gasteiger partial charge is 1.00 e. The van der Waals surface area contributed by atoms with Gasteiger partial charge in [-0.1, -0.05) is 24.3 Å². The summed E-state index contributed by atoms with van der Waals surface area (Å²) in [6.07, 6.45) is 0. The predicted octanol–water partition coefficient (Wildman–Crippen LogP) is -6.90. The van der Waals surface area contributed by atoms with E-state index in [4.69, 9.17) is 0 Å². The average molecular weight is 260 g/mol. The Morgan fingerprint density at radius 1 is 1.19 bits per heavy atom. The Morgan fingerprint density at radius 3 is 2.12 bits per heavy atom. The maximum Gasteiger partial charge on any atom is 1.00 e. The van der Waals surface area contributed by atoms with E-state index in [2.05, 4.69) is 0 Å². The van der Waals surface area contributed by atoms with Crippen molar-refractivity contribution in [3.05, 3.63) is 35.4 Å². The van der Waals surface area contributed by atoms with Crippen LogP contribution in [0.2, 0.25) is 0 Å². The molecule has 0 heterocycles. The molecule has 0 unspecified atom stereocenters. The van der Waals surface area contributed by atoms with E-state index < -0.39 is 21.8 Å². The second-order valence-electron chi connectivity index (χ2n) is 2.65. The standard InChI is InChI=1S/C8H8O5S.2Na/c9-8(10)7-4-2-1-3-6(7)5-14(11,12)13;;/h1-4H,5H2,(H,9,10)(H,11,12,13);;/q;2*+1/p-2. The number of carboxylic acid groups (broad SMARTS) is 1. The molecule has 1 rings (SSSR count). The van der Waals surface area contributed by atoms with Crippen LogP contribution in [-0.4, -0.2) is 18.9 Å². The molecule has 1 aromatic rings. The van der Waals surface area contributed by atoms with Gasteiger partial charge in [-0.25, -0.2) is 8.42 Å². The zero-order valence-corrected chi connectivity index (χ0v) is 13.8. The van der Waals surface area contributed by atoms with Gasteiger partial charge < -0.3 is 14.5 Å². The Labute approximate surface area is 138 Å². The average Bonchev–Trinajstić information content (AvgIpc) is 2.01. The molecule has 0 saturated carbocycles. The van der Waals surface area contributed by atoms with Gasteiger partial charge in [0.05, 0.1) is 21.8 Å². The molecule has 0 aromatic heterocycles. The molecule has 0 spiro atoms. The Morgan fingerprint density at radius 2 is 1.69 bits per heavy atom. The number of aromatic carboxylic acids is 1. The molecule has 16 heavy (non-hydrogen) atoms. The van der Waals surface area contributed by atoms with Crippen molar-refractivity contribution in [1.29, 1.82) is 0 Å². The molecule has 76 valence electrons. The minimum Gasteiger partial charge on any atom is -0.748 e. The number of hydrogen-bond acceptors (Lipinski definition) is 5. The molecule has 0 radical (unpaired) electrons. The molecule has 0 aliphatic carbocycles. The van der Waals surface area contributed by atoms with Crippen LogP contribution in [0.4, 0.5) is 0 Å². The molecule has 8 heteroatoms. The van der Waals surface area contributed by atoms with Crippen molar-refractivity contribution in [2.45, 2.75) is 5.75 Å². The van der Waals surface area contributed by atoms with E-state index in [0.717, 1.165) is 0 Å². The Hall–Kier alpha value is 0.600. The Kier molecular flexibility index (Phi) is 9.28. The summed E-state index contributed by atoms with van der Waals surface area (Å²) in [5.41, 5.74) is -0.325. The van der Waals surface area contributed by atoms with Crippen LogP contribution >= 0.6 is 0 Å². The third kappa shape index (κ3) is 6.36.